The Hall–Kier alpha value is -0.710. The SMILES string of the molecule is CC(C)(O)CN1CC=C(c2ccc(Br)cc2F)CC1. The largest absolute Gasteiger partial charge is 0.389 e. The minimum atomic E-state index is -0.686. The summed E-state index contributed by atoms with van der Waals surface area (Å²) in [5.74, 6) is -0.184. The second-order valence-electron chi connectivity index (χ2n) is 5.65. The highest BCUT2D eigenvalue weighted by atomic mass is 79.9. The van der Waals surface area contributed by atoms with Gasteiger partial charge in [0.15, 0.2) is 0 Å². The Morgan fingerprint density at radius 3 is 2.68 bits per heavy atom. The van der Waals surface area contributed by atoms with E-state index in [0.717, 1.165) is 29.6 Å². The first kappa shape index (κ1) is 14.7. The van der Waals surface area contributed by atoms with Crippen molar-refractivity contribution < 1.29 is 9.50 Å². The van der Waals surface area contributed by atoms with Gasteiger partial charge in [0.25, 0.3) is 0 Å². The van der Waals surface area contributed by atoms with Gasteiger partial charge in [0.2, 0.25) is 0 Å². The van der Waals surface area contributed by atoms with E-state index in [9.17, 15) is 9.50 Å². The topological polar surface area (TPSA) is 23.5 Å². The summed E-state index contributed by atoms with van der Waals surface area (Å²) in [6, 6.07) is 5.18. The van der Waals surface area contributed by atoms with Gasteiger partial charge in [0, 0.05) is 29.7 Å². The molecule has 0 radical (unpaired) electrons. The van der Waals surface area contributed by atoms with Gasteiger partial charge in [-0.05, 0) is 38.0 Å². The van der Waals surface area contributed by atoms with E-state index < -0.39 is 5.60 Å². The molecule has 0 fully saturated rings. The molecule has 1 heterocycles. The van der Waals surface area contributed by atoms with Gasteiger partial charge in [0.05, 0.1) is 5.60 Å². The summed E-state index contributed by atoms with van der Waals surface area (Å²) in [6.45, 7) is 5.86. The second-order valence-corrected chi connectivity index (χ2v) is 6.57. The fraction of sp³-hybridized carbons (Fsp3) is 0.467. The molecule has 104 valence electrons. The molecule has 0 unspecified atom stereocenters. The third-order valence-electron chi connectivity index (χ3n) is 3.18. The molecular weight excluding hydrogens is 309 g/mol. The van der Waals surface area contributed by atoms with Crippen LogP contribution in [0.3, 0.4) is 0 Å². The minimum absolute atomic E-state index is 0.184. The molecule has 19 heavy (non-hydrogen) atoms. The van der Waals surface area contributed by atoms with Gasteiger partial charge in [-0.3, -0.25) is 4.90 Å². The van der Waals surface area contributed by atoms with Gasteiger partial charge >= 0.3 is 0 Å². The van der Waals surface area contributed by atoms with Crippen LogP contribution in [0.4, 0.5) is 4.39 Å². The highest BCUT2D eigenvalue weighted by Crippen LogP contribution is 2.27. The van der Waals surface area contributed by atoms with Gasteiger partial charge in [-0.25, -0.2) is 4.39 Å². The van der Waals surface area contributed by atoms with E-state index in [1.165, 1.54) is 6.07 Å². The van der Waals surface area contributed by atoms with Crippen LogP contribution < -0.4 is 0 Å². The maximum atomic E-state index is 13.9. The molecular formula is C15H19BrFNO. The number of rotatable bonds is 3. The van der Waals surface area contributed by atoms with Crippen molar-refractivity contribution in [3.8, 4) is 0 Å². The predicted octanol–water partition coefficient (Wildman–Crippen LogP) is 3.45. The van der Waals surface area contributed by atoms with Crippen LogP contribution in [-0.4, -0.2) is 35.2 Å². The molecule has 4 heteroatoms. The molecule has 0 amide bonds. The summed E-state index contributed by atoms with van der Waals surface area (Å²) in [5, 5.41) is 9.80. The van der Waals surface area contributed by atoms with Gasteiger partial charge in [-0.2, -0.15) is 0 Å². The molecule has 0 bridgehead atoms. The zero-order valence-electron chi connectivity index (χ0n) is 11.3. The molecule has 1 aromatic carbocycles. The van der Waals surface area contributed by atoms with Gasteiger partial charge in [0.1, 0.15) is 5.82 Å². The minimum Gasteiger partial charge on any atom is -0.389 e. The summed E-state index contributed by atoms with van der Waals surface area (Å²) in [4.78, 5) is 2.18. The van der Waals surface area contributed by atoms with Crippen molar-refractivity contribution in [2.45, 2.75) is 25.9 Å². The number of nitrogens with zero attached hydrogens (tertiary/aromatic N) is 1. The summed E-state index contributed by atoms with van der Waals surface area (Å²) < 4.78 is 14.6. The lowest BCUT2D eigenvalue weighted by Crippen LogP contribution is -2.40. The smallest absolute Gasteiger partial charge is 0.131 e. The molecule has 1 aromatic rings. The Balaban J connectivity index is 2.08. The third kappa shape index (κ3) is 4.13. The van der Waals surface area contributed by atoms with E-state index in [1.54, 1.807) is 13.8 Å². The Morgan fingerprint density at radius 1 is 1.42 bits per heavy atom. The zero-order valence-corrected chi connectivity index (χ0v) is 12.9. The monoisotopic (exact) mass is 327 g/mol. The van der Waals surface area contributed by atoms with Gasteiger partial charge in [-0.1, -0.05) is 28.1 Å². The maximum Gasteiger partial charge on any atom is 0.131 e. The molecule has 0 atom stereocenters. The van der Waals surface area contributed by atoms with Gasteiger partial charge in [-0.15, -0.1) is 0 Å². The first-order valence-corrected chi connectivity index (χ1v) is 7.24. The fourth-order valence-corrected chi connectivity index (χ4v) is 2.73. The van der Waals surface area contributed by atoms with Crippen LogP contribution in [0.2, 0.25) is 0 Å². The standard InChI is InChI=1S/C15H19BrFNO/c1-15(2,19)10-18-7-5-11(6-8-18)13-4-3-12(16)9-14(13)17/h3-5,9,19H,6-8,10H2,1-2H3. The maximum absolute atomic E-state index is 13.9. The first-order chi connectivity index (χ1) is 8.85. The van der Waals surface area contributed by atoms with Crippen LogP contribution in [0, 0.1) is 5.82 Å². The second kappa shape index (κ2) is 5.73. The highest BCUT2D eigenvalue weighted by Gasteiger charge is 2.21. The van der Waals surface area contributed by atoms with E-state index in [1.807, 2.05) is 12.1 Å². The van der Waals surface area contributed by atoms with Crippen LogP contribution >= 0.6 is 15.9 Å². The van der Waals surface area contributed by atoms with Crippen molar-refractivity contribution in [3.05, 3.63) is 40.1 Å². The summed E-state index contributed by atoms with van der Waals surface area (Å²) in [5.41, 5.74) is 1.05. The number of aliphatic hydroxyl groups is 1. The molecule has 0 spiro atoms. The number of β-amino-alcohol motifs (C(OH)–C–C–N with tert-alkyl or cyclic N) is 1. The van der Waals surface area contributed by atoms with Crippen molar-refractivity contribution in [2.75, 3.05) is 19.6 Å². The average Bonchev–Trinajstić information content (AvgIpc) is 2.28. The van der Waals surface area contributed by atoms with E-state index >= 15 is 0 Å². The molecule has 2 nitrogen and oxygen atoms in total. The predicted molar refractivity (Wildman–Crippen MR) is 79.4 cm³/mol. The van der Waals surface area contributed by atoms with E-state index in [4.69, 9.17) is 0 Å². The number of hydrogen-bond donors (Lipinski definition) is 1. The molecule has 2 rings (SSSR count). The van der Waals surface area contributed by atoms with Crippen molar-refractivity contribution in [1.29, 1.82) is 0 Å². The van der Waals surface area contributed by atoms with Crippen molar-refractivity contribution in [3.63, 3.8) is 0 Å². The zero-order chi connectivity index (χ0) is 14.0. The Labute approximate surface area is 122 Å². The Bertz CT molecular complexity index is 493. The molecule has 1 aliphatic heterocycles. The number of halogens is 2. The normalized spacial score (nSPS) is 17.4. The fourth-order valence-electron chi connectivity index (χ4n) is 2.40. The van der Waals surface area contributed by atoms with Crippen LogP contribution in [0.15, 0.2) is 28.7 Å². The highest BCUT2D eigenvalue weighted by molar-refractivity contribution is 9.10. The Kier molecular flexibility index (Phi) is 4.43. The molecule has 0 aliphatic carbocycles. The third-order valence-corrected chi connectivity index (χ3v) is 3.67. The molecule has 0 saturated carbocycles. The van der Waals surface area contributed by atoms with Crippen LogP contribution in [0.5, 0.6) is 0 Å². The van der Waals surface area contributed by atoms with Crippen LogP contribution in [-0.2, 0) is 0 Å². The molecule has 1 N–H and O–H groups in total. The number of benzene rings is 1. The lowest BCUT2D eigenvalue weighted by molar-refractivity contribution is 0.0397. The first-order valence-electron chi connectivity index (χ1n) is 6.44. The summed E-state index contributed by atoms with van der Waals surface area (Å²) in [6.07, 6.45) is 2.87. The van der Waals surface area contributed by atoms with E-state index in [0.29, 0.717) is 12.1 Å². The lowest BCUT2D eigenvalue weighted by atomic mass is 9.98. The van der Waals surface area contributed by atoms with Crippen molar-refractivity contribution in [2.24, 2.45) is 0 Å². The van der Waals surface area contributed by atoms with E-state index in [-0.39, 0.29) is 5.82 Å². The Morgan fingerprint density at radius 2 is 2.16 bits per heavy atom. The molecule has 0 aromatic heterocycles. The van der Waals surface area contributed by atoms with Crippen LogP contribution in [0.1, 0.15) is 25.8 Å². The van der Waals surface area contributed by atoms with Crippen molar-refractivity contribution >= 4 is 21.5 Å². The van der Waals surface area contributed by atoms with Gasteiger partial charge < -0.3 is 5.11 Å². The van der Waals surface area contributed by atoms with Crippen molar-refractivity contribution in [1.82, 2.24) is 4.90 Å². The molecule has 0 saturated heterocycles. The van der Waals surface area contributed by atoms with Crippen LogP contribution in [0.25, 0.3) is 5.57 Å². The summed E-state index contributed by atoms with van der Waals surface area (Å²) in [7, 11) is 0. The number of hydrogen-bond acceptors (Lipinski definition) is 2. The summed E-state index contributed by atoms with van der Waals surface area (Å²) >= 11 is 3.27. The van der Waals surface area contributed by atoms with E-state index in [2.05, 4.69) is 26.9 Å². The average molecular weight is 328 g/mol. The molecule has 1 aliphatic rings. The quantitative estimate of drug-likeness (QED) is 0.919. The lowest BCUT2D eigenvalue weighted by Gasteiger charge is -2.31.